The van der Waals surface area contributed by atoms with Gasteiger partial charge in [-0.05, 0) is 49.8 Å². The summed E-state index contributed by atoms with van der Waals surface area (Å²) in [5.74, 6) is -0.0613. The number of H-pyrrole nitrogens is 1. The van der Waals surface area contributed by atoms with Crippen LogP contribution in [-0.4, -0.2) is 33.5 Å². The van der Waals surface area contributed by atoms with Gasteiger partial charge in [0.05, 0.1) is 5.69 Å². The fourth-order valence-electron chi connectivity index (χ4n) is 2.81. The molecule has 2 aromatic carbocycles. The van der Waals surface area contributed by atoms with E-state index in [1.165, 1.54) is 16.7 Å². The maximum atomic E-state index is 12.6. The van der Waals surface area contributed by atoms with Crippen molar-refractivity contribution in [3.8, 4) is 17.1 Å². The number of ether oxygens (including phenoxy) is 1. The first-order valence-electron chi connectivity index (χ1n) is 8.95. The van der Waals surface area contributed by atoms with Crippen LogP contribution in [0, 0.1) is 18.6 Å². The number of alkyl halides is 3. The van der Waals surface area contributed by atoms with Crippen LogP contribution in [0.25, 0.3) is 11.4 Å². The van der Waals surface area contributed by atoms with E-state index in [4.69, 9.17) is 17.0 Å². The van der Waals surface area contributed by atoms with E-state index in [-0.39, 0.29) is 22.8 Å². The zero-order valence-electron chi connectivity index (χ0n) is 16.2. The number of hydrogen-bond donors (Lipinski definition) is 2. The van der Waals surface area contributed by atoms with Gasteiger partial charge in [0.15, 0.2) is 17.2 Å². The molecule has 30 heavy (non-hydrogen) atoms. The van der Waals surface area contributed by atoms with Crippen molar-refractivity contribution >= 4 is 23.8 Å². The molecule has 0 saturated heterocycles. The Hall–Kier alpha value is -3.14. The molecule has 3 aromatic rings. The number of carbonyl (C=O) groups is 1. The molecule has 158 valence electrons. The van der Waals surface area contributed by atoms with Crippen molar-refractivity contribution in [3.05, 3.63) is 58.4 Å². The summed E-state index contributed by atoms with van der Waals surface area (Å²) in [7, 11) is 0. The second-order valence-electron chi connectivity index (χ2n) is 6.76. The summed E-state index contributed by atoms with van der Waals surface area (Å²) < 4.78 is 44.2. The van der Waals surface area contributed by atoms with E-state index in [9.17, 15) is 18.0 Å². The molecule has 2 N–H and O–H groups in total. The van der Waals surface area contributed by atoms with Crippen molar-refractivity contribution in [1.82, 2.24) is 14.8 Å². The number of benzene rings is 2. The minimum absolute atomic E-state index is 0.0598. The monoisotopic (exact) mass is 436 g/mol. The van der Waals surface area contributed by atoms with Crippen LogP contribution >= 0.6 is 12.2 Å². The molecule has 1 amide bonds. The van der Waals surface area contributed by atoms with E-state index in [1.807, 2.05) is 31.2 Å². The number of nitrogens with one attached hydrogen (secondary N) is 2. The lowest BCUT2D eigenvalue weighted by atomic mass is 10.1. The van der Waals surface area contributed by atoms with Gasteiger partial charge >= 0.3 is 6.18 Å². The molecule has 0 fully saturated rings. The average molecular weight is 436 g/mol. The van der Waals surface area contributed by atoms with Crippen LogP contribution in [0.5, 0.6) is 5.75 Å². The Balaban J connectivity index is 1.81. The summed E-state index contributed by atoms with van der Waals surface area (Å²) in [6.45, 7) is 2.02. The van der Waals surface area contributed by atoms with Crippen LogP contribution in [0.4, 0.5) is 18.9 Å². The highest BCUT2D eigenvalue weighted by Gasteiger charge is 2.29. The number of anilines is 1. The van der Waals surface area contributed by atoms with Crippen LogP contribution in [0.1, 0.15) is 11.1 Å². The van der Waals surface area contributed by atoms with Gasteiger partial charge in [0.2, 0.25) is 5.91 Å². The van der Waals surface area contributed by atoms with Crippen molar-refractivity contribution in [2.45, 2.75) is 26.6 Å². The second kappa shape index (κ2) is 8.70. The van der Waals surface area contributed by atoms with E-state index in [1.54, 1.807) is 13.0 Å². The molecule has 10 heteroatoms. The maximum absolute atomic E-state index is 12.6. The SMILES string of the molecule is Cc1cccc(-c2n[nH]c(=S)n2CC(=O)Nc2ccc(C)cc2OCC(F)(F)F)c1. The van der Waals surface area contributed by atoms with Crippen molar-refractivity contribution < 1.29 is 22.7 Å². The normalized spacial score (nSPS) is 11.4. The highest BCUT2D eigenvalue weighted by molar-refractivity contribution is 7.71. The Morgan fingerprint density at radius 2 is 1.93 bits per heavy atom. The highest BCUT2D eigenvalue weighted by atomic mass is 32.1. The van der Waals surface area contributed by atoms with Crippen molar-refractivity contribution in [2.75, 3.05) is 11.9 Å². The van der Waals surface area contributed by atoms with E-state index in [0.29, 0.717) is 11.4 Å². The minimum Gasteiger partial charge on any atom is -0.482 e. The number of aromatic amines is 1. The van der Waals surface area contributed by atoms with Gasteiger partial charge < -0.3 is 10.1 Å². The summed E-state index contributed by atoms with van der Waals surface area (Å²) in [5.41, 5.74) is 2.63. The van der Waals surface area contributed by atoms with Gasteiger partial charge in [0, 0.05) is 5.56 Å². The molecule has 0 aliphatic heterocycles. The Morgan fingerprint density at radius 1 is 1.20 bits per heavy atom. The number of carbonyl (C=O) groups excluding carboxylic acids is 1. The van der Waals surface area contributed by atoms with Crippen LogP contribution in [-0.2, 0) is 11.3 Å². The van der Waals surface area contributed by atoms with E-state index < -0.39 is 18.7 Å². The second-order valence-corrected chi connectivity index (χ2v) is 7.15. The third kappa shape index (κ3) is 5.47. The third-order valence-electron chi connectivity index (χ3n) is 4.14. The highest BCUT2D eigenvalue weighted by Crippen LogP contribution is 2.28. The Morgan fingerprint density at radius 3 is 2.63 bits per heavy atom. The van der Waals surface area contributed by atoms with Crippen LogP contribution < -0.4 is 10.1 Å². The average Bonchev–Trinajstić information content (AvgIpc) is 3.01. The zero-order chi connectivity index (χ0) is 21.9. The zero-order valence-corrected chi connectivity index (χ0v) is 17.0. The number of rotatable bonds is 6. The summed E-state index contributed by atoms with van der Waals surface area (Å²) in [5, 5.41) is 9.44. The lowest BCUT2D eigenvalue weighted by Gasteiger charge is -2.15. The Bertz CT molecular complexity index is 1120. The minimum atomic E-state index is -4.49. The molecule has 0 radical (unpaired) electrons. The summed E-state index contributed by atoms with van der Waals surface area (Å²) in [6, 6.07) is 12.1. The molecule has 1 heterocycles. The molecule has 0 atom stereocenters. The molecule has 0 aliphatic rings. The Kier molecular flexibility index (Phi) is 6.25. The third-order valence-corrected chi connectivity index (χ3v) is 4.45. The van der Waals surface area contributed by atoms with E-state index >= 15 is 0 Å². The Labute approximate surface area is 175 Å². The van der Waals surface area contributed by atoms with Crippen LogP contribution in [0.2, 0.25) is 0 Å². The van der Waals surface area contributed by atoms with Crippen LogP contribution in [0.3, 0.4) is 0 Å². The van der Waals surface area contributed by atoms with Gasteiger partial charge in [-0.2, -0.15) is 18.3 Å². The topological polar surface area (TPSA) is 71.9 Å². The summed E-state index contributed by atoms with van der Waals surface area (Å²) in [4.78, 5) is 12.6. The quantitative estimate of drug-likeness (QED) is 0.545. The van der Waals surface area contributed by atoms with Gasteiger partial charge in [0.25, 0.3) is 0 Å². The molecule has 0 spiro atoms. The molecule has 0 bridgehead atoms. The van der Waals surface area contributed by atoms with Gasteiger partial charge in [-0.25, -0.2) is 0 Å². The van der Waals surface area contributed by atoms with Gasteiger partial charge in [-0.15, -0.1) is 0 Å². The van der Waals surface area contributed by atoms with Gasteiger partial charge in [-0.3, -0.25) is 14.5 Å². The van der Waals surface area contributed by atoms with Crippen LogP contribution in [0.15, 0.2) is 42.5 Å². The number of halogens is 3. The number of aryl methyl sites for hydroxylation is 2. The predicted molar refractivity (Wildman–Crippen MR) is 109 cm³/mol. The molecular formula is C20H19F3N4O2S. The summed E-state index contributed by atoms with van der Waals surface area (Å²) >= 11 is 5.23. The number of hydrogen-bond acceptors (Lipinski definition) is 4. The summed E-state index contributed by atoms with van der Waals surface area (Å²) in [6.07, 6.45) is -4.49. The van der Waals surface area contributed by atoms with Gasteiger partial charge in [0.1, 0.15) is 12.3 Å². The predicted octanol–water partition coefficient (Wildman–Crippen LogP) is 4.80. The first-order chi connectivity index (χ1) is 14.1. The largest absolute Gasteiger partial charge is 0.482 e. The first-order valence-corrected chi connectivity index (χ1v) is 9.35. The first kappa shape index (κ1) is 21.6. The maximum Gasteiger partial charge on any atom is 0.422 e. The fraction of sp³-hybridized carbons (Fsp3) is 0.250. The lowest BCUT2D eigenvalue weighted by molar-refractivity contribution is -0.153. The fourth-order valence-corrected chi connectivity index (χ4v) is 3.01. The number of aromatic nitrogens is 3. The van der Waals surface area contributed by atoms with Crippen molar-refractivity contribution in [3.63, 3.8) is 0 Å². The van der Waals surface area contributed by atoms with Crippen molar-refractivity contribution in [2.24, 2.45) is 0 Å². The van der Waals surface area contributed by atoms with Gasteiger partial charge in [-0.1, -0.05) is 29.8 Å². The van der Waals surface area contributed by atoms with E-state index in [0.717, 1.165) is 11.1 Å². The molecule has 6 nitrogen and oxygen atoms in total. The van der Waals surface area contributed by atoms with E-state index in [2.05, 4.69) is 15.5 Å². The molecule has 0 unspecified atom stereocenters. The lowest BCUT2D eigenvalue weighted by Crippen LogP contribution is -2.22. The molecule has 1 aromatic heterocycles. The molecule has 3 rings (SSSR count). The number of nitrogens with zero attached hydrogens (tertiary/aromatic N) is 2. The van der Waals surface area contributed by atoms with Crippen molar-refractivity contribution in [1.29, 1.82) is 0 Å². The molecule has 0 aliphatic carbocycles. The number of amides is 1. The molecule has 0 saturated carbocycles. The molecular weight excluding hydrogens is 417 g/mol. The smallest absolute Gasteiger partial charge is 0.422 e. The standard InChI is InChI=1S/C20H19F3N4O2S/c1-12-4-3-5-14(8-12)18-25-26-19(30)27(18)10-17(28)24-15-7-6-13(2)9-16(15)29-11-20(21,22)23/h3-9H,10-11H2,1-2H3,(H,24,28)(H,26,30).